The van der Waals surface area contributed by atoms with Crippen LogP contribution in [0.4, 0.5) is 0 Å². The predicted molar refractivity (Wildman–Crippen MR) is 73.7 cm³/mol. The largest absolute Gasteiger partial charge is 0.352 e. The lowest BCUT2D eigenvalue weighted by Gasteiger charge is -2.10. The maximum Gasteiger partial charge on any atom is 0.220 e. The SMILES string of the molecule is C[C@H](CN)NC(=O)CCc1ccncc1.Cl.Cl. The van der Waals surface area contributed by atoms with Crippen LogP contribution in [0.25, 0.3) is 0 Å². The third-order valence-electron chi connectivity index (χ3n) is 2.15. The van der Waals surface area contributed by atoms with E-state index in [1.54, 1.807) is 12.4 Å². The molecule has 0 bridgehead atoms. The second-order valence-corrected chi connectivity index (χ2v) is 3.56. The summed E-state index contributed by atoms with van der Waals surface area (Å²) in [6.45, 7) is 2.37. The summed E-state index contributed by atoms with van der Waals surface area (Å²) in [5, 5.41) is 2.82. The van der Waals surface area contributed by atoms with Gasteiger partial charge < -0.3 is 11.1 Å². The van der Waals surface area contributed by atoms with Gasteiger partial charge >= 0.3 is 0 Å². The number of amides is 1. The van der Waals surface area contributed by atoms with E-state index in [9.17, 15) is 4.79 Å². The molecule has 0 unspecified atom stereocenters. The Bertz CT molecular complexity index is 309. The summed E-state index contributed by atoms with van der Waals surface area (Å²) in [5.41, 5.74) is 6.53. The van der Waals surface area contributed by atoms with E-state index in [-0.39, 0.29) is 36.8 Å². The van der Waals surface area contributed by atoms with Gasteiger partial charge in [0.25, 0.3) is 0 Å². The van der Waals surface area contributed by atoms with Crippen LogP contribution in [0.5, 0.6) is 0 Å². The van der Waals surface area contributed by atoms with Gasteiger partial charge in [-0.15, -0.1) is 24.8 Å². The highest BCUT2D eigenvalue weighted by atomic mass is 35.5. The van der Waals surface area contributed by atoms with Crippen molar-refractivity contribution in [3.8, 4) is 0 Å². The summed E-state index contributed by atoms with van der Waals surface area (Å²) in [4.78, 5) is 15.3. The number of rotatable bonds is 5. The number of hydrogen-bond acceptors (Lipinski definition) is 3. The second-order valence-electron chi connectivity index (χ2n) is 3.56. The van der Waals surface area contributed by atoms with E-state index in [0.29, 0.717) is 13.0 Å². The third kappa shape index (κ3) is 7.96. The zero-order chi connectivity index (χ0) is 11.1. The summed E-state index contributed by atoms with van der Waals surface area (Å²) in [7, 11) is 0. The van der Waals surface area contributed by atoms with Gasteiger partial charge in [0.2, 0.25) is 5.91 Å². The van der Waals surface area contributed by atoms with E-state index in [0.717, 1.165) is 12.0 Å². The molecule has 1 atom stereocenters. The molecule has 0 aromatic carbocycles. The Labute approximate surface area is 114 Å². The van der Waals surface area contributed by atoms with Crippen molar-refractivity contribution < 1.29 is 4.79 Å². The lowest BCUT2D eigenvalue weighted by molar-refractivity contribution is -0.121. The van der Waals surface area contributed by atoms with Gasteiger partial charge in [-0.1, -0.05) is 0 Å². The molecule has 0 radical (unpaired) electrons. The lowest BCUT2D eigenvalue weighted by atomic mass is 10.1. The van der Waals surface area contributed by atoms with Crippen LogP contribution >= 0.6 is 24.8 Å². The fourth-order valence-corrected chi connectivity index (χ4v) is 1.21. The van der Waals surface area contributed by atoms with Gasteiger partial charge in [0, 0.05) is 31.4 Å². The van der Waals surface area contributed by atoms with Crippen molar-refractivity contribution in [2.75, 3.05) is 6.54 Å². The quantitative estimate of drug-likeness (QED) is 0.854. The van der Waals surface area contributed by atoms with Gasteiger partial charge in [-0.25, -0.2) is 0 Å². The smallest absolute Gasteiger partial charge is 0.220 e. The zero-order valence-corrected chi connectivity index (χ0v) is 11.4. The Kier molecular flexibility index (Phi) is 11.2. The molecule has 3 N–H and O–H groups in total. The first-order valence-corrected chi connectivity index (χ1v) is 5.10. The van der Waals surface area contributed by atoms with Crippen molar-refractivity contribution in [2.45, 2.75) is 25.8 Å². The van der Waals surface area contributed by atoms with Gasteiger partial charge in [0.15, 0.2) is 0 Å². The molecule has 1 aromatic rings. The average Bonchev–Trinajstić information content (AvgIpc) is 2.27. The van der Waals surface area contributed by atoms with Crippen LogP contribution in [0.1, 0.15) is 18.9 Å². The van der Waals surface area contributed by atoms with E-state index in [2.05, 4.69) is 10.3 Å². The van der Waals surface area contributed by atoms with E-state index in [1.165, 1.54) is 0 Å². The van der Waals surface area contributed by atoms with E-state index < -0.39 is 0 Å². The fourth-order valence-electron chi connectivity index (χ4n) is 1.21. The summed E-state index contributed by atoms with van der Waals surface area (Å²) in [5.74, 6) is 0.0461. The van der Waals surface area contributed by atoms with E-state index >= 15 is 0 Å². The number of carbonyl (C=O) groups is 1. The number of nitrogens with zero attached hydrogens (tertiary/aromatic N) is 1. The molecule has 0 saturated heterocycles. The summed E-state index contributed by atoms with van der Waals surface area (Å²) in [6.07, 6.45) is 4.70. The van der Waals surface area contributed by atoms with Gasteiger partial charge in [0.05, 0.1) is 0 Å². The minimum atomic E-state index is 0. The van der Waals surface area contributed by atoms with Crippen molar-refractivity contribution in [3.63, 3.8) is 0 Å². The third-order valence-corrected chi connectivity index (χ3v) is 2.15. The van der Waals surface area contributed by atoms with Crippen LogP contribution in [0, 0.1) is 0 Å². The molecular weight excluding hydrogens is 261 g/mol. The van der Waals surface area contributed by atoms with E-state index in [4.69, 9.17) is 5.73 Å². The molecule has 0 spiro atoms. The first kappa shape index (κ1) is 18.5. The fraction of sp³-hybridized carbons (Fsp3) is 0.455. The minimum absolute atomic E-state index is 0. The van der Waals surface area contributed by atoms with E-state index in [1.807, 2.05) is 19.1 Å². The Balaban J connectivity index is 0. The van der Waals surface area contributed by atoms with Crippen molar-refractivity contribution in [2.24, 2.45) is 5.73 Å². The van der Waals surface area contributed by atoms with Gasteiger partial charge in [-0.3, -0.25) is 9.78 Å². The topological polar surface area (TPSA) is 68.0 Å². The van der Waals surface area contributed by atoms with Gasteiger partial charge in [-0.2, -0.15) is 0 Å². The molecule has 0 fully saturated rings. The van der Waals surface area contributed by atoms with Crippen molar-refractivity contribution in [1.29, 1.82) is 0 Å². The summed E-state index contributed by atoms with van der Waals surface area (Å²) < 4.78 is 0. The molecule has 4 nitrogen and oxygen atoms in total. The molecule has 0 aliphatic heterocycles. The molecule has 1 aromatic heterocycles. The Morgan fingerprint density at radius 3 is 2.53 bits per heavy atom. The predicted octanol–water partition coefficient (Wildman–Crippen LogP) is 1.32. The number of halogens is 2. The van der Waals surface area contributed by atoms with Crippen molar-refractivity contribution >= 4 is 30.7 Å². The Morgan fingerprint density at radius 1 is 1.41 bits per heavy atom. The molecular formula is C11H19Cl2N3O. The molecule has 0 saturated carbocycles. The lowest BCUT2D eigenvalue weighted by Crippen LogP contribution is -2.37. The molecule has 6 heteroatoms. The van der Waals surface area contributed by atoms with Crippen LogP contribution < -0.4 is 11.1 Å². The van der Waals surface area contributed by atoms with Crippen LogP contribution in [0.15, 0.2) is 24.5 Å². The standard InChI is InChI=1S/C11H17N3O.2ClH/c1-9(8-12)14-11(15)3-2-10-4-6-13-7-5-10;;/h4-7,9H,2-3,8,12H2,1H3,(H,14,15);2*1H/t9-;;/m1../s1. The first-order valence-electron chi connectivity index (χ1n) is 5.10. The highest BCUT2D eigenvalue weighted by Gasteiger charge is 2.05. The highest BCUT2D eigenvalue weighted by Crippen LogP contribution is 2.00. The number of carbonyl (C=O) groups excluding carboxylic acids is 1. The molecule has 1 heterocycles. The number of aryl methyl sites for hydroxylation is 1. The monoisotopic (exact) mass is 279 g/mol. The van der Waals surface area contributed by atoms with Crippen LogP contribution in [0.3, 0.4) is 0 Å². The van der Waals surface area contributed by atoms with Crippen molar-refractivity contribution in [3.05, 3.63) is 30.1 Å². The van der Waals surface area contributed by atoms with Crippen LogP contribution in [-0.4, -0.2) is 23.5 Å². The van der Waals surface area contributed by atoms with Crippen LogP contribution in [0.2, 0.25) is 0 Å². The molecule has 0 aliphatic carbocycles. The summed E-state index contributed by atoms with van der Waals surface area (Å²) in [6, 6.07) is 3.88. The molecule has 98 valence electrons. The van der Waals surface area contributed by atoms with Crippen molar-refractivity contribution in [1.82, 2.24) is 10.3 Å². The number of hydrogen-bond donors (Lipinski definition) is 2. The normalized spacial score (nSPS) is 10.7. The number of nitrogens with one attached hydrogen (secondary N) is 1. The molecule has 1 rings (SSSR count). The highest BCUT2D eigenvalue weighted by molar-refractivity contribution is 5.85. The number of nitrogens with two attached hydrogens (primary N) is 1. The average molecular weight is 280 g/mol. The number of aromatic nitrogens is 1. The maximum absolute atomic E-state index is 11.4. The summed E-state index contributed by atoms with van der Waals surface area (Å²) >= 11 is 0. The Hall–Kier alpha value is -0.840. The molecule has 0 aliphatic rings. The van der Waals surface area contributed by atoms with Gasteiger partial charge in [0.1, 0.15) is 0 Å². The Morgan fingerprint density at radius 2 is 2.00 bits per heavy atom. The first-order chi connectivity index (χ1) is 7.22. The second kappa shape index (κ2) is 10.3. The van der Waals surface area contributed by atoms with Crippen LogP contribution in [-0.2, 0) is 11.2 Å². The number of pyridine rings is 1. The zero-order valence-electron chi connectivity index (χ0n) is 9.76. The molecule has 1 amide bonds. The molecule has 17 heavy (non-hydrogen) atoms. The van der Waals surface area contributed by atoms with Gasteiger partial charge in [-0.05, 0) is 31.0 Å². The maximum atomic E-state index is 11.4. The minimum Gasteiger partial charge on any atom is -0.352 e.